The Morgan fingerprint density at radius 1 is 1.23 bits per heavy atom. The minimum atomic E-state index is -0.413. The third-order valence-corrected chi connectivity index (χ3v) is 2.57. The largest absolute Gasteiger partial charge is 0.393 e. The molecule has 2 aliphatic rings. The second-order valence-corrected chi connectivity index (χ2v) is 3.51. The molecule has 2 aliphatic heterocycles. The smallest absolute Gasteiger partial charge is 0.319 e. The summed E-state index contributed by atoms with van der Waals surface area (Å²) in [6, 6.07) is 0. The fourth-order valence-electron chi connectivity index (χ4n) is 1.86. The van der Waals surface area contributed by atoms with Crippen molar-refractivity contribution in [3.63, 3.8) is 0 Å². The van der Waals surface area contributed by atoms with Crippen molar-refractivity contribution >= 4 is 11.9 Å². The standard InChI is InChI=1S/C9H12O4/c10-8-5-6(9(11)13-8)7-3-1-2-4-12-7/h6-7H,1-5H2. The molecule has 0 aliphatic carbocycles. The fourth-order valence-corrected chi connectivity index (χ4v) is 1.86. The van der Waals surface area contributed by atoms with E-state index in [9.17, 15) is 9.59 Å². The molecule has 4 nitrogen and oxygen atoms in total. The van der Waals surface area contributed by atoms with Crippen molar-refractivity contribution in [3.05, 3.63) is 0 Å². The third kappa shape index (κ3) is 1.72. The van der Waals surface area contributed by atoms with E-state index < -0.39 is 11.9 Å². The average Bonchev–Trinajstić information content (AvgIpc) is 2.47. The number of esters is 2. The van der Waals surface area contributed by atoms with Gasteiger partial charge in [0.2, 0.25) is 0 Å². The maximum absolute atomic E-state index is 11.2. The number of carbonyl (C=O) groups is 2. The highest BCUT2D eigenvalue weighted by molar-refractivity contribution is 5.94. The SMILES string of the molecule is O=C1CC(C2CCCCO2)C(=O)O1. The van der Waals surface area contributed by atoms with Crippen molar-refractivity contribution in [2.45, 2.75) is 31.8 Å². The van der Waals surface area contributed by atoms with Gasteiger partial charge >= 0.3 is 11.9 Å². The first-order valence-corrected chi connectivity index (χ1v) is 4.63. The molecule has 0 aromatic rings. The Morgan fingerprint density at radius 3 is 2.62 bits per heavy atom. The summed E-state index contributed by atoms with van der Waals surface area (Å²) < 4.78 is 9.90. The van der Waals surface area contributed by atoms with Gasteiger partial charge in [0.15, 0.2) is 0 Å². The van der Waals surface area contributed by atoms with Crippen LogP contribution in [0.3, 0.4) is 0 Å². The van der Waals surface area contributed by atoms with Crippen LogP contribution in [0.25, 0.3) is 0 Å². The molecule has 0 radical (unpaired) electrons. The fraction of sp³-hybridized carbons (Fsp3) is 0.778. The molecule has 2 unspecified atom stereocenters. The number of rotatable bonds is 1. The van der Waals surface area contributed by atoms with Gasteiger partial charge in [0, 0.05) is 6.61 Å². The zero-order valence-electron chi connectivity index (χ0n) is 7.32. The quantitative estimate of drug-likeness (QED) is 0.443. The summed E-state index contributed by atoms with van der Waals surface area (Å²) in [5.41, 5.74) is 0. The molecule has 0 aromatic carbocycles. The predicted octanol–water partition coefficient (Wildman–Crippen LogP) is 0.645. The molecule has 2 heterocycles. The number of hydrogen-bond donors (Lipinski definition) is 0. The van der Waals surface area contributed by atoms with E-state index in [-0.39, 0.29) is 18.4 Å². The van der Waals surface area contributed by atoms with Crippen LogP contribution in [-0.4, -0.2) is 24.6 Å². The topological polar surface area (TPSA) is 52.6 Å². The van der Waals surface area contributed by atoms with Crippen LogP contribution in [0.4, 0.5) is 0 Å². The van der Waals surface area contributed by atoms with E-state index in [0.717, 1.165) is 19.3 Å². The Balaban J connectivity index is 1.99. The minimum absolute atomic E-state index is 0.0901. The first-order chi connectivity index (χ1) is 6.27. The van der Waals surface area contributed by atoms with Gasteiger partial charge in [-0.25, -0.2) is 0 Å². The van der Waals surface area contributed by atoms with Gasteiger partial charge in [-0.15, -0.1) is 0 Å². The minimum Gasteiger partial charge on any atom is -0.393 e. The van der Waals surface area contributed by atoms with Crippen molar-refractivity contribution < 1.29 is 19.1 Å². The summed E-state index contributed by atoms with van der Waals surface area (Å²) in [6.45, 7) is 0.697. The van der Waals surface area contributed by atoms with Crippen LogP contribution in [0, 0.1) is 5.92 Å². The first kappa shape index (κ1) is 8.69. The summed E-state index contributed by atoms with van der Waals surface area (Å²) in [5.74, 6) is -1.16. The number of ether oxygens (including phenoxy) is 2. The average molecular weight is 184 g/mol. The summed E-state index contributed by atoms with van der Waals surface area (Å²) in [6.07, 6.45) is 3.10. The second-order valence-electron chi connectivity index (χ2n) is 3.51. The van der Waals surface area contributed by atoms with E-state index in [2.05, 4.69) is 4.74 Å². The van der Waals surface area contributed by atoms with Crippen molar-refractivity contribution in [1.82, 2.24) is 0 Å². The molecule has 0 saturated carbocycles. The van der Waals surface area contributed by atoms with Crippen LogP contribution in [0.1, 0.15) is 25.7 Å². The Morgan fingerprint density at radius 2 is 2.08 bits per heavy atom. The van der Waals surface area contributed by atoms with Gasteiger partial charge in [0.1, 0.15) is 0 Å². The van der Waals surface area contributed by atoms with Crippen LogP contribution in [0.5, 0.6) is 0 Å². The molecule has 0 bridgehead atoms. The van der Waals surface area contributed by atoms with Crippen molar-refractivity contribution in [3.8, 4) is 0 Å². The molecular formula is C9H12O4. The maximum atomic E-state index is 11.2. The highest BCUT2D eigenvalue weighted by atomic mass is 16.6. The molecule has 0 amide bonds. The lowest BCUT2D eigenvalue weighted by Crippen LogP contribution is -2.30. The van der Waals surface area contributed by atoms with Gasteiger partial charge in [-0.3, -0.25) is 9.59 Å². The van der Waals surface area contributed by atoms with Gasteiger partial charge in [-0.1, -0.05) is 0 Å². The summed E-state index contributed by atoms with van der Waals surface area (Å²) in [7, 11) is 0. The van der Waals surface area contributed by atoms with Gasteiger partial charge in [0.05, 0.1) is 18.4 Å². The first-order valence-electron chi connectivity index (χ1n) is 4.63. The van der Waals surface area contributed by atoms with Crippen molar-refractivity contribution in [1.29, 1.82) is 0 Å². The molecule has 13 heavy (non-hydrogen) atoms. The van der Waals surface area contributed by atoms with E-state index >= 15 is 0 Å². The molecule has 2 rings (SSSR count). The molecule has 2 fully saturated rings. The summed E-state index contributed by atoms with van der Waals surface area (Å²) >= 11 is 0. The predicted molar refractivity (Wildman–Crippen MR) is 42.8 cm³/mol. The molecule has 0 N–H and O–H groups in total. The molecule has 4 heteroatoms. The lowest BCUT2D eigenvalue weighted by atomic mass is 9.94. The third-order valence-electron chi connectivity index (χ3n) is 2.57. The lowest BCUT2D eigenvalue weighted by Gasteiger charge is -2.24. The number of cyclic esters (lactones) is 2. The van der Waals surface area contributed by atoms with Crippen molar-refractivity contribution in [2.75, 3.05) is 6.61 Å². The van der Waals surface area contributed by atoms with Crippen LogP contribution >= 0.6 is 0 Å². The Bertz CT molecular complexity index is 230. The number of carbonyl (C=O) groups excluding carboxylic acids is 2. The highest BCUT2D eigenvalue weighted by Gasteiger charge is 2.40. The maximum Gasteiger partial charge on any atom is 0.319 e. The molecule has 0 spiro atoms. The van der Waals surface area contributed by atoms with Gasteiger partial charge in [-0.05, 0) is 19.3 Å². The summed E-state index contributed by atoms with van der Waals surface area (Å²) in [4.78, 5) is 22.0. The molecule has 0 aromatic heterocycles. The van der Waals surface area contributed by atoms with E-state index in [1.54, 1.807) is 0 Å². The van der Waals surface area contributed by atoms with E-state index in [1.165, 1.54) is 0 Å². The van der Waals surface area contributed by atoms with Crippen LogP contribution in [0.2, 0.25) is 0 Å². The molecule has 72 valence electrons. The van der Waals surface area contributed by atoms with Crippen LogP contribution < -0.4 is 0 Å². The zero-order chi connectivity index (χ0) is 9.26. The number of hydrogen-bond acceptors (Lipinski definition) is 4. The van der Waals surface area contributed by atoms with E-state index in [1.807, 2.05) is 0 Å². The van der Waals surface area contributed by atoms with Gasteiger partial charge in [0.25, 0.3) is 0 Å². The van der Waals surface area contributed by atoms with E-state index in [0.29, 0.717) is 6.61 Å². The zero-order valence-corrected chi connectivity index (χ0v) is 7.32. The van der Waals surface area contributed by atoms with Crippen LogP contribution in [-0.2, 0) is 19.1 Å². The Kier molecular flexibility index (Phi) is 2.31. The second kappa shape index (κ2) is 3.46. The van der Waals surface area contributed by atoms with Crippen molar-refractivity contribution in [2.24, 2.45) is 5.92 Å². The Hall–Kier alpha value is -0.900. The normalized spacial score (nSPS) is 34.8. The monoisotopic (exact) mass is 184 g/mol. The van der Waals surface area contributed by atoms with Gasteiger partial charge in [-0.2, -0.15) is 0 Å². The van der Waals surface area contributed by atoms with Gasteiger partial charge < -0.3 is 9.47 Å². The molecule has 2 saturated heterocycles. The highest BCUT2D eigenvalue weighted by Crippen LogP contribution is 2.27. The molecular weight excluding hydrogens is 172 g/mol. The Labute approximate surface area is 76.2 Å². The van der Waals surface area contributed by atoms with Crippen LogP contribution in [0.15, 0.2) is 0 Å². The van der Waals surface area contributed by atoms with E-state index in [4.69, 9.17) is 4.74 Å². The lowest BCUT2D eigenvalue weighted by molar-refractivity contribution is -0.155. The molecule has 2 atom stereocenters. The summed E-state index contributed by atoms with van der Waals surface area (Å²) in [5, 5.41) is 0.